The van der Waals surface area contributed by atoms with Gasteiger partial charge in [-0.25, -0.2) is 4.98 Å². The van der Waals surface area contributed by atoms with Gasteiger partial charge in [0.1, 0.15) is 0 Å². The van der Waals surface area contributed by atoms with Gasteiger partial charge in [-0.3, -0.25) is 14.0 Å². The topological polar surface area (TPSA) is 83.7 Å². The Morgan fingerprint density at radius 3 is 2.50 bits per heavy atom. The van der Waals surface area contributed by atoms with Gasteiger partial charge in [-0.1, -0.05) is 53.8 Å². The molecule has 0 saturated heterocycles. The Morgan fingerprint density at radius 1 is 1.03 bits per heavy atom. The third-order valence-electron chi connectivity index (χ3n) is 5.92. The highest BCUT2D eigenvalue weighted by molar-refractivity contribution is 7.23. The lowest BCUT2D eigenvalue weighted by Crippen LogP contribution is -2.17. The summed E-state index contributed by atoms with van der Waals surface area (Å²) in [5, 5.41) is 13.0. The number of thiazole rings is 1. The van der Waals surface area contributed by atoms with Crippen LogP contribution in [0.4, 0.5) is 0 Å². The predicted molar refractivity (Wildman–Crippen MR) is 134 cm³/mol. The largest absolute Gasteiger partial charge is 0.388 e. The number of carbonyl (C=O) groups excluding carboxylic acids is 2. The molecule has 2 aromatic heterocycles. The van der Waals surface area contributed by atoms with E-state index < -0.39 is 6.10 Å². The number of benzene rings is 3. The number of nitrogens with zero attached hydrogens (tertiary/aromatic N) is 2. The number of aliphatic hydroxyl groups excluding tert-OH is 1. The minimum atomic E-state index is -0.650. The van der Waals surface area contributed by atoms with Crippen molar-refractivity contribution in [2.24, 2.45) is 0 Å². The van der Waals surface area contributed by atoms with E-state index in [0.29, 0.717) is 17.5 Å². The first-order chi connectivity index (χ1) is 16.5. The highest BCUT2D eigenvalue weighted by Gasteiger charge is 2.15. The summed E-state index contributed by atoms with van der Waals surface area (Å²) in [6.07, 6.45) is 1.99. The van der Waals surface area contributed by atoms with Crippen LogP contribution in [0.15, 0.2) is 79.0 Å². The van der Waals surface area contributed by atoms with E-state index >= 15 is 0 Å². The second-order valence-corrected chi connectivity index (χ2v) is 9.12. The summed E-state index contributed by atoms with van der Waals surface area (Å²) in [6, 6.07) is 22.4. The fourth-order valence-electron chi connectivity index (χ4n) is 4.00. The van der Waals surface area contributed by atoms with Crippen LogP contribution in [0.2, 0.25) is 0 Å². The molecule has 0 spiro atoms. The first-order valence-corrected chi connectivity index (χ1v) is 11.9. The molecule has 0 fully saturated rings. The van der Waals surface area contributed by atoms with Crippen molar-refractivity contribution in [3.8, 4) is 11.3 Å². The van der Waals surface area contributed by atoms with Gasteiger partial charge in [0.25, 0.3) is 5.91 Å². The maximum absolute atomic E-state index is 12.8. The van der Waals surface area contributed by atoms with Crippen LogP contribution in [0.3, 0.4) is 0 Å². The van der Waals surface area contributed by atoms with Crippen LogP contribution >= 0.6 is 11.3 Å². The van der Waals surface area contributed by atoms with E-state index in [1.807, 2.05) is 71.3 Å². The molecular formula is C27H23N3O3S. The molecule has 0 saturated carbocycles. The highest BCUT2D eigenvalue weighted by atomic mass is 32.1. The average Bonchev–Trinajstić information content (AvgIpc) is 3.45. The number of Topliss-reactive ketones (excluding diaryl/α,β-unsaturated/α-hetero) is 1. The van der Waals surface area contributed by atoms with Crippen molar-refractivity contribution in [1.82, 2.24) is 14.7 Å². The van der Waals surface area contributed by atoms with Crippen molar-refractivity contribution in [2.75, 3.05) is 7.05 Å². The van der Waals surface area contributed by atoms with Gasteiger partial charge in [0.2, 0.25) is 0 Å². The van der Waals surface area contributed by atoms with E-state index in [2.05, 4.69) is 5.32 Å². The van der Waals surface area contributed by atoms with Crippen LogP contribution in [-0.4, -0.2) is 33.2 Å². The molecule has 0 unspecified atom stereocenters. The van der Waals surface area contributed by atoms with Crippen molar-refractivity contribution >= 4 is 38.2 Å². The molecule has 0 aliphatic carbocycles. The van der Waals surface area contributed by atoms with E-state index in [9.17, 15) is 14.7 Å². The van der Waals surface area contributed by atoms with Gasteiger partial charge in [0.05, 0.1) is 22.0 Å². The van der Waals surface area contributed by atoms with E-state index in [-0.39, 0.29) is 18.1 Å². The number of hydrogen-bond acceptors (Lipinski definition) is 5. The summed E-state index contributed by atoms with van der Waals surface area (Å²) in [4.78, 5) is 30.1. The Hall–Kier alpha value is -3.81. The van der Waals surface area contributed by atoms with Crippen LogP contribution in [-0.2, 0) is 0 Å². The maximum atomic E-state index is 12.8. The quantitative estimate of drug-likeness (QED) is 0.318. The molecule has 6 nitrogen and oxygen atoms in total. The van der Waals surface area contributed by atoms with Crippen molar-refractivity contribution in [3.63, 3.8) is 0 Å². The number of ketones is 1. The van der Waals surface area contributed by atoms with E-state index in [0.717, 1.165) is 32.0 Å². The van der Waals surface area contributed by atoms with Crippen molar-refractivity contribution in [2.45, 2.75) is 18.9 Å². The normalized spacial score (nSPS) is 12.2. The number of hydrogen-bond donors (Lipinski definition) is 2. The van der Waals surface area contributed by atoms with E-state index in [1.54, 1.807) is 19.2 Å². The second kappa shape index (κ2) is 9.21. The van der Waals surface area contributed by atoms with E-state index in [1.165, 1.54) is 11.3 Å². The summed E-state index contributed by atoms with van der Waals surface area (Å²) in [5.74, 6) is -0.108. The molecule has 1 atom stereocenters. The number of carbonyl (C=O) groups is 2. The van der Waals surface area contributed by atoms with Gasteiger partial charge in [0, 0.05) is 36.4 Å². The van der Waals surface area contributed by atoms with Crippen molar-refractivity contribution < 1.29 is 14.7 Å². The standard InChI is InChI=1S/C27H23N3O3S/c1-28-26(33)19-9-7-17(8-10-19)21-16-30-22-12-11-20(15-25(22)34-27(30)29-21)24(32)14-13-23(31)18-5-3-2-4-6-18/h2-12,15-16,23,31H,13-14H2,1H3,(H,28,33)/t23-/m0/s1. The van der Waals surface area contributed by atoms with Gasteiger partial charge in [-0.2, -0.15) is 0 Å². The smallest absolute Gasteiger partial charge is 0.251 e. The zero-order chi connectivity index (χ0) is 23.7. The number of rotatable bonds is 7. The number of aromatic nitrogens is 2. The lowest BCUT2D eigenvalue weighted by molar-refractivity contribution is 0.0938. The van der Waals surface area contributed by atoms with Crippen molar-refractivity contribution in [1.29, 1.82) is 0 Å². The summed E-state index contributed by atoms with van der Waals surface area (Å²) < 4.78 is 3.01. The lowest BCUT2D eigenvalue weighted by Gasteiger charge is -2.10. The molecule has 0 radical (unpaired) electrons. The van der Waals surface area contributed by atoms with Crippen LogP contribution in [0.1, 0.15) is 45.2 Å². The Morgan fingerprint density at radius 2 is 1.76 bits per heavy atom. The fraction of sp³-hybridized carbons (Fsp3) is 0.148. The molecule has 5 aromatic rings. The molecular weight excluding hydrogens is 446 g/mol. The average molecular weight is 470 g/mol. The molecule has 1 amide bonds. The molecule has 7 heteroatoms. The molecule has 34 heavy (non-hydrogen) atoms. The Bertz CT molecular complexity index is 1490. The Balaban J connectivity index is 1.34. The molecule has 170 valence electrons. The maximum Gasteiger partial charge on any atom is 0.251 e. The van der Waals surface area contributed by atoms with Gasteiger partial charge >= 0.3 is 0 Å². The molecule has 2 heterocycles. The predicted octanol–water partition coefficient (Wildman–Crippen LogP) is 5.27. The summed E-state index contributed by atoms with van der Waals surface area (Å²) >= 11 is 1.53. The molecule has 3 aromatic carbocycles. The summed E-state index contributed by atoms with van der Waals surface area (Å²) in [7, 11) is 1.61. The SMILES string of the molecule is CNC(=O)c1ccc(-c2cn3c(n2)sc2cc(C(=O)CC[C@H](O)c4ccccc4)ccc23)cc1. The van der Waals surface area contributed by atoms with Gasteiger partial charge < -0.3 is 10.4 Å². The van der Waals surface area contributed by atoms with Crippen LogP contribution in [0, 0.1) is 0 Å². The monoisotopic (exact) mass is 469 g/mol. The number of aliphatic hydroxyl groups is 1. The highest BCUT2D eigenvalue weighted by Crippen LogP contribution is 2.31. The minimum absolute atomic E-state index is 0.0137. The number of fused-ring (bicyclic) bond motifs is 3. The molecule has 5 rings (SSSR count). The molecule has 2 N–H and O–H groups in total. The minimum Gasteiger partial charge on any atom is -0.388 e. The first kappa shape index (κ1) is 22.0. The fourth-order valence-corrected chi connectivity index (χ4v) is 5.05. The zero-order valence-corrected chi connectivity index (χ0v) is 19.4. The van der Waals surface area contributed by atoms with Crippen LogP contribution in [0.25, 0.3) is 26.4 Å². The third-order valence-corrected chi connectivity index (χ3v) is 6.93. The lowest BCUT2D eigenvalue weighted by atomic mass is 10.0. The Labute approximate surface area is 200 Å². The molecule has 0 bridgehead atoms. The van der Waals surface area contributed by atoms with Crippen LogP contribution < -0.4 is 5.32 Å². The van der Waals surface area contributed by atoms with E-state index in [4.69, 9.17) is 4.98 Å². The third kappa shape index (κ3) is 4.23. The second-order valence-electron chi connectivity index (χ2n) is 8.11. The van der Waals surface area contributed by atoms with Gasteiger partial charge in [0.15, 0.2) is 10.7 Å². The molecule has 0 aliphatic rings. The number of imidazole rings is 1. The number of nitrogens with one attached hydrogen (secondary N) is 1. The van der Waals surface area contributed by atoms with Gasteiger partial charge in [-0.15, -0.1) is 0 Å². The summed E-state index contributed by atoms with van der Waals surface area (Å²) in [5.41, 5.74) is 4.81. The summed E-state index contributed by atoms with van der Waals surface area (Å²) in [6.45, 7) is 0. The van der Waals surface area contributed by atoms with Crippen molar-refractivity contribution in [3.05, 3.63) is 95.7 Å². The number of amides is 1. The van der Waals surface area contributed by atoms with Gasteiger partial charge in [-0.05, 0) is 42.3 Å². The zero-order valence-electron chi connectivity index (χ0n) is 18.6. The van der Waals surface area contributed by atoms with Crippen LogP contribution in [0.5, 0.6) is 0 Å². The Kier molecular flexibility index (Phi) is 5.96. The first-order valence-electron chi connectivity index (χ1n) is 11.0. The molecule has 0 aliphatic heterocycles.